The number of nitrogen functional groups attached to an aromatic ring is 1. The summed E-state index contributed by atoms with van der Waals surface area (Å²) in [6.07, 6.45) is 2.72. The van der Waals surface area contributed by atoms with Crippen LogP contribution in [0.1, 0.15) is 26.3 Å². The summed E-state index contributed by atoms with van der Waals surface area (Å²) < 4.78 is 5.07. The number of rotatable bonds is 4. The van der Waals surface area contributed by atoms with Crippen LogP contribution in [0.3, 0.4) is 0 Å². The average molecular weight is 293 g/mol. The van der Waals surface area contributed by atoms with Crippen molar-refractivity contribution in [2.75, 3.05) is 12.3 Å². The molecule has 0 saturated heterocycles. The van der Waals surface area contributed by atoms with Gasteiger partial charge in [-0.3, -0.25) is 10.1 Å². The number of carbonyl (C=O) groups is 1. The van der Waals surface area contributed by atoms with Gasteiger partial charge in [0.1, 0.15) is 5.60 Å². The van der Waals surface area contributed by atoms with Crippen molar-refractivity contribution in [2.45, 2.75) is 26.4 Å². The Bertz CT molecular complexity index is 562. The molecule has 0 atom stereocenters. The van der Waals surface area contributed by atoms with Gasteiger partial charge < -0.3 is 15.8 Å². The van der Waals surface area contributed by atoms with E-state index in [-0.39, 0.29) is 12.2 Å². The quantitative estimate of drug-likeness (QED) is 0.504. The Morgan fingerprint density at radius 1 is 1.48 bits per heavy atom. The van der Waals surface area contributed by atoms with Crippen LogP contribution in [0.15, 0.2) is 24.3 Å². The summed E-state index contributed by atoms with van der Waals surface area (Å²) in [5, 5.41) is 13.2. The fourth-order valence-electron chi connectivity index (χ4n) is 1.46. The van der Waals surface area contributed by atoms with Gasteiger partial charge in [0, 0.05) is 29.9 Å². The molecule has 0 aromatic heterocycles. The number of benzene rings is 1. The van der Waals surface area contributed by atoms with E-state index < -0.39 is 16.6 Å². The van der Waals surface area contributed by atoms with E-state index in [0.29, 0.717) is 11.3 Å². The number of non-ortho nitro benzene ring substituents is 1. The Labute approximate surface area is 122 Å². The van der Waals surface area contributed by atoms with Crippen molar-refractivity contribution in [3.05, 3.63) is 40.0 Å². The van der Waals surface area contributed by atoms with Crippen LogP contribution >= 0.6 is 0 Å². The van der Waals surface area contributed by atoms with Crippen LogP contribution in [0.5, 0.6) is 0 Å². The van der Waals surface area contributed by atoms with Gasteiger partial charge in [-0.25, -0.2) is 4.79 Å². The molecule has 1 aromatic carbocycles. The topological polar surface area (TPSA) is 107 Å². The third-order valence-corrected chi connectivity index (χ3v) is 2.34. The molecule has 1 amide bonds. The number of alkyl carbamates (subject to hydrolysis) is 1. The molecule has 21 heavy (non-hydrogen) atoms. The van der Waals surface area contributed by atoms with Crippen molar-refractivity contribution < 1.29 is 14.5 Å². The normalized spacial score (nSPS) is 11.4. The van der Waals surface area contributed by atoms with Gasteiger partial charge in [0.2, 0.25) is 0 Å². The number of hydrogen-bond acceptors (Lipinski definition) is 5. The van der Waals surface area contributed by atoms with Crippen LogP contribution < -0.4 is 11.1 Å². The molecule has 0 heterocycles. The van der Waals surface area contributed by atoms with Crippen LogP contribution in [-0.2, 0) is 4.74 Å². The fraction of sp³-hybridized carbons (Fsp3) is 0.357. The van der Waals surface area contributed by atoms with Crippen molar-refractivity contribution in [3.8, 4) is 0 Å². The lowest BCUT2D eigenvalue weighted by atomic mass is 10.1. The largest absolute Gasteiger partial charge is 0.444 e. The van der Waals surface area contributed by atoms with E-state index >= 15 is 0 Å². The monoisotopic (exact) mass is 293 g/mol. The first-order chi connectivity index (χ1) is 9.69. The van der Waals surface area contributed by atoms with Gasteiger partial charge in [0.15, 0.2) is 0 Å². The van der Waals surface area contributed by atoms with Gasteiger partial charge in [-0.1, -0.05) is 12.2 Å². The minimum absolute atomic E-state index is 0.0380. The lowest BCUT2D eigenvalue weighted by Gasteiger charge is -2.19. The Morgan fingerprint density at radius 2 is 2.14 bits per heavy atom. The molecular formula is C14H19N3O4. The number of nitro groups is 1. The number of nitro benzene ring substituents is 1. The molecule has 7 heteroatoms. The van der Waals surface area contributed by atoms with E-state index in [9.17, 15) is 14.9 Å². The number of nitrogens with two attached hydrogens (primary N) is 1. The van der Waals surface area contributed by atoms with Crippen molar-refractivity contribution in [2.24, 2.45) is 0 Å². The summed E-state index contributed by atoms with van der Waals surface area (Å²) >= 11 is 0. The molecule has 0 aliphatic rings. The first kappa shape index (κ1) is 16.5. The maximum atomic E-state index is 11.4. The zero-order valence-electron chi connectivity index (χ0n) is 12.3. The Balaban J connectivity index is 2.60. The highest BCUT2D eigenvalue weighted by Crippen LogP contribution is 2.20. The summed E-state index contributed by atoms with van der Waals surface area (Å²) in [6.45, 7) is 5.54. The summed E-state index contributed by atoms with van der Waals surface area (Å²) in [7, 11) is 0. The minimum Gasteiger partial charge on any atom is -0.444 e. The van der Waals surface area contributed by atoms with Crippen LogP contribution in [0.2, 0.25) is 0 Å². The molecule has 0 bridgehead atoms. The summed E-state index contributed by atoms with van der Waals surface area (Å²) in [4.78, 5) is 21.6. The lowest BCUT2D eigenvalue weighted by Crippen LogP contribution is -2.32. The number of anilines is 1. The summed E-state index contributed by atoms with van der Waals surface area (Å²) in [6, 6.07) is 4.18. The highest BCUT2D eigenvalue weighted by atomic mass is 16.6. The van der Waals surface area contributed by atoms with Crippen LogP contribution in [-0.4, -0.2) is 23.2 Å². The number of nitrogens with one attached hydrogen (secondary N) is 1. The van der Waals surface area contributed by atoms with Crippen LogP contribution in [0.4, 0.5) is 16.2 Å². The van der Waals surface area contributed by atoms with Crippen molar-refractivity contribution in [3.63, 3.8) is 0 Å². The number of nitrogens with zero attached hydrogens (tertiary/aromatic N) is 1. The lowest BCUT2D eigenvalue weighted by molar-refractivity contribution is -0.384. The molecule has 0 unspecified atom stereocenters. The van der Waals surface area contributed by atoms with Gasteiger partial charge in [-0.2, -0.15) is 0 Å². The van der Waals surface area contributed by atoms with Crippen molar-refractivity contribution >= 4 is 23.5 Å². The van der Waals surface area contributed by atoms with Crippen molar-refractivity contribution in [1.29, 1.82) is 0 Å². The highest BCUT2D eigenvalue weighted by Gasteiger charge is 2.15. The number of amides is 1. The van der Waals surface area contributed by atoms with E-state index in [1.807, 2.05) is 0 Å². The molecular weight excluding hydrogens is 274 g/mol. The second kappa shape index (κ2) is 6.74. The second-order valence-corrected chi connectivity index (χ2v) is 5.36. The van der Waals surface area contributed by atoms with E-state index in [1.165, 1.54) is 18.2 Å². The number of hydrogen-bond donors (Lipinski definition) is 2. The maximum Gasteiger partial charge on any atom is 0.407 e. The van der Waals surface area contributed by atoms with E-state index in [2.05, 4.69) is 5.32 Å². The first-order valence-electron chi connectivity index (χ1n) is 6.36. The van der Waals surface area contributed by atoms with Crippen LogP contribution in [0, 0.1) is 10.1 Å². The summed E-state index contributed by atoms with van der Waals surface area (Å²) in [5.41, 5.74) is 6.08. The molecule has 1 rings (SSSR count). The Hall–Kier alpha value is -2.57. The molecule has 114 valence electrons. The molecule has 0 spiro atoms. The summed E-state index contributed by atoms with van der Waals surface area (Å²) in [5.74, 6) is 0. The van der Waals surface area contributed by atoms with Crippen LogP contribution in [0.25, 0.3) is 6.08 Å². The standard InChI is InChI=1S/C14H19N3O4/c1-14(2,3)21-13(18)16-8-4-5-10-9-11(17(19)20)6-7-12(10)15/h4-7,9H,8,15H2,1-3H3,(H,16,18). The molecule has 3 N–H and O–H groups in total. The van der Waals surface area contributed by atoms with Gasteiger partial charge in [-0.05, 0) is 26.8 Å². The Kier molecular flexibility index (Phi) is 5.29. The van der Waals surface area contributed by atoms with Gasteiger partial charge >= 0.3 is 6.09 Å². The third kappa shape index (κ3) is 5.94. The molecule has 0 saturated carbocycles. The number of carbonyl (C=O) groups excluding carboxylic acids is 1. The molecule has 0 aliphatic carbocycles. The highest BCUT2D eigenvalue weighted by molar-refractivity contribution is 5.69. The molecule has 0 aliphatic heterocycles. The molecule has 0 fully saturated rings. The van der Waals surface area contributed by atoms with Gasteiger partial charge in [0.05, 0.1) is 4.92 Å². The van der Waals surface area contributed by atoms with E-state index in [1.54, 1.807) is 32.9 Å². The number of ether oxygens (including phenoxy) is 1. The zero-order chi connectivity index (χ0) is 16.0. The first-order valence-corrected chi connectivity index (χ1v) is 6.36. The third-order valence-electron chi connectivity index (χ3n) is 2.34. The second-order valence-electron chi connectivity index (χ2n) is 5.36. The Morgan fingerprint density at radius 3 is 2.71 bits per heavy atom. The van der Waals surface area contributed by atoms with Gasteiger partial charge in [-0.15, -0.1) is 0 Å². The maximum absolute atomic E-state index is 11.4. The predicted octanol–water partition coefficient (Wildman–Crippen LogP) is 2.71. The SMILES string of the molecule is CC(C)(C)OC(=O)NCC=Cc1cc([N+](=O)[O-])ccc1N. The predicted molar refractivity (Wildman–Crippen MR) is 80.8 cm³/mol. The van der Waals surface area contributed by atoms with Crippen molar-refractivity contribution in [1.82, 2.24) is 5.32 Å². The fourth-order valence-corrected chi connectivity index (χ4v) is 1.46. The zero-order valence-corrected chi connectivity index (χ0v) is 12.3. The van der Waals surface area contributed by atoms with E-state index in [0.717, 1.165) is 0 Å². The smallest absolute Gasteiger partial charge is 0.407 e. The van der Waals surface area contributed by atoms with Gasteiger partial charge in [0.25, 0.3) is 5.69 Å². The molecule has 1 aromatic rings. The van der Waals surface area contributed by atoms with E-state index in [4.69, 9.17) is 10.5 Å². The molecule has 0 radical (unpaired) electrons. The minimum atomic E-state index is -0.557. The molecule has 7 nitrogen and oxygen atoms in total. The average Bonchev–Trinajstić information content (AvgIpc) is 2.34.